The molecular formula is C17H22N3O+. The first kappa shape index (κ1) is 14.0. The minimum Gasteiger partial charge on any atom is -0.353 e. The van der Waals surface area contributed by atoms with Crippen LogP contribution in [0.3, 0.4) is 0 Å². The average Bonchev–Trinajstić information content (AvgIpc) is 2.79. The summed E-state index contributed by atoms with van der Waals surface area (Å²) < 4.78 is 2.02. The minimum absolute atomic E-state index is 0.512. The fourth-order valence-electron chi connectivity index (χ4n) is 2.85. The first-order valence-corrected chi connectivity index (χ1v) is 7.51. The van der Waals surface area contributed by atoms with Crippen LogP contribution in [0.4, 0.5) is 5.95 Å². The SMILES string of the molecule is CC(C)CCN1c2nccc[n+]2C[C@@]1(O)c1ccccc1. The lowest BCUT2D eigenvalue weighted by atomic mass is 10.0. The number of rotatable bonds is 4. The van der Waals surface area contributed by atoms with E-state index >= 15 is 0 Å². The van der Waals surface area contributed by atoms with E-state index in [1.54, 1.807) is 6.20 Å². The molecule has 4 heteroatoms. The second-order valence-electron chi connectivity index (χ2n) is 6.06. The number of aromatic nitrogens is 2. The number of fused-ring (bicyclic) bond motifs is 1. The van der Waals surface area contributed by atoms with Crippen LogP contribution in [-0.4, -0.2) is 16.6 Å². The lowest BCUT2D eigenvalue weighted by molar-refractivity contribution is -0.685. The van der Waals surface area contributed by atoms with Gasteiger partial charge in [-0.1, -0.05) is 49.2 Å². The molecule has 0 amide bonds. The molecule has 1 aromatic carbocycles. The molecule has 2 heterocycles. The summed E-state index contributed by atoms with van der Waals surface area (Å²) in [6, 6.07) is 11.8. The Morgan fingerprint density at radius 2 is 2.05 bits per heavy atom. The second kappa shape index (κ2) is 5.45. The molecular weight excluding hydrogens is 262 g/mol. The van der Waals surface area contributed by atoms with Crippen molar-refractivity contribution < 1.29 is 9.67 Å². The van der Waals surface area contributed by atoms with Crippen LogP contribution in [0.2, 0.25) is 0 Å². The van der Waals surface area contributed by atoms with E-state index in [-0.39, 0.29) is 0 Å². The van der Waals surface area contributed by atoms with Crippen molar-refractivity contribution >= 4 is 5.95 Å². The van der Waals surface area contributed by atoms with E-state index in [1.807, 2.05) is 52.1 Å². The molecule has 110 valence electrons. The van der Waals surface area contributed by atoms with Gasteiger partial charge < -0.3 is 5.11 Å². The van der Waals surface area contributed by atoms with Gasteiger partial charge >= 0.3 is 5.95 Å². The minimum atomic E-state index is -1.02. The standard InChI is InChI=1S/C17H22N3O/c1-14(2)9-12-20-16-18-10-6-11-19(16)13-17(20,21)15-7-4-3-5-8-15/h3-8,10-11,14,21H,9,12-13H2,1-2H3/q+1/t17-/m1/s1. The molecule has 3 rings (SSSR count). The quantitative estimate of drug-likeness (QED) is 0.874. The number of aliphatic hydroxyl groups is 1. The van der Waals surface area contributed by atoms with Crippen LogP contribution in [0.15, 0.2) is 48.8 Å². The van der Waals surface area contributed by atoms with Gasteiger partial charge in [-0.05, 0) is 12.3 Å². The first-order chi connectivity index (χ1) is 10.1. The van der Waals surface area contributed by atoms with E-state index in [0.717, 1.165) is 24.5 Å². The first-order valence-electron chi connectivity index (χ1n) is 7.51. The molecule has 1 N–H and O–H groups in total. The molecule has 1 aliphatic heterocycles. The van der Waals surface area contributed by atoms with E-state index in [4.69, 9.17) is 0 Å². The summed E-state index contributed by atoms with van der Waals surface area (Å²) in [4.78, 5) is 6.50. The predicted molar refractivity (Wildman–Crippen MR) is 81.6 cm³/mol. The Morgan fingerprint density at radius 1 is 1.29 bits per heavy atom. The Morgan fingerprint density at radius 3 is 2.76 bits per heavy atom. The molecule has 1 aromatic heterocycles. The largest absolute Gasteiger partial charge is 0.396 e. The molecule has 0 aliphatic carbocycles. The van der Waals surface area contributed by atoms with Gasteiger partial charge in [0.2, 0.25) is 5.72 Å². The van der Waals surface area contributed by atoms with Crippen LogP contribution in [0.5, 0.6) is 0 Å². The lowest BCUT2D eigenvalue weighted by Gasteiger charge is -2.28. The summed E-state index contributed by atoms with van der Waals surface area (Å²) in [5.41, 5.74) is -0.100. The third kappa shape index (κ3) is 2.51. The molecule has 0 saturated heterocycles. The highest BCUT2D eigenvalue weighted by Gasteiger charge is 2.51. The van der Waals surface area contributed by atoms with Gasteiger partial charge in [-0.3, -0.25) is 0 Å². The van der Waals surface area contributed by atoms with E-state index in [1.165, 1.54) is 0 Å². The van der Waals surface area contributed by atoms with Crippen molar-refractivity contribution in [2.24, 2.45) is 5.92 Å². The van der Waals surface area contributed by atoms with Gasteiger partial charge in [0.05, 0.1) is 12.7 Å². The van der Waals surface area contributed by atoms with Crippen LogP contribution >= 0.6 is 0 Å². The fourth-order valence-corrected chi connectivity index (χ4v) is 2.85. The molecule has 21 heavy (non-hydrogen) atoms. The molecule has 0 unspecified atom stereocenters. The van der Waals surface area contributed by atoms with Crippen LogP contribution < -0.4 is 9.47 Å². The highest BCUT2D eigenvalue weighted by molar-refractivity contribution is 5.37. The van der Waals surface area contributed by atoms with Crippen molar-refractivity contribution in [3.8, 4) is 0 Å². The van der Waals surface area contributed by atoms with Gasteiger partial charge in [-0.25, -0.2) is 9.47 Å². The van der Waals surface area contributed by atoms with Crippen LogP contribution in [-0.2, 0) is 12.3 Å². The third-order valence-electron chi connectivity index (χ3n) is 4.04. The summed E-state index contributed by atoms with van der Waals surface area (Å²) in [7, 11) is 0. The molecule has 0 fully saturated rings. The Balaban J connectivity index is 2.00. The normalized spacial score (nSPS) is 20.9. The topological polar surface area (TPSA) is 40.2 Å². The Kier molecular flexibility index (Phi) is 3.64. The Labute approximate surface area is 125 Å². The lowest BCUT2D eigenvalue weighted by Crippen LogP contribution is -2.46. The van der Waals surface area contributed by atoms with Crippen molar-refractivity contribution in [3.05, 3.63) is 54.4 Å². The summed E-state index contributed by atoms with van der Waals surface area (Å²) in [5.74, 6) is 1.42. The second-order valence-corrected chi connectivity index (χ2v) is 6.06. The molecule has 1 aliphatic rings. The third-order valence-corrected chi connectivity index (χ3v) is 4.04. The monoisotopic (exact) mass is 284 g/mol. The van der Waals surface area contributed by atoms with Crippen molar-refractivity contribution in [2.45, 2.75) is 32.5 Å². The fraction of sp³-hybridized carbons (Fsp3) is 0.412. The van der Waals surface area contributed by atoms with Crippen molar-refractivity contribution in [1.29, 1.82) is 0 Å². The molecule has 0 saturated carbocycles. The summed E-state index contributed by atoms with van der Waals surface area (Å²) in [6.45, 7) is 5.70. The maximum atomic E-state index is 11.3. The highest BCUT2D eigenvalue weighted by atomic mass is 16.3. The molecule has 0 bridgehead atoms. The molecule has 0 spiro atoms. The predicted octanol–water partition coefficient (Wildman–Crippen LogP) is 2.08. The van der Waals surface area contributed by atoms with Gasteiger partial charge in [-0.15, -0.1) is 0 Å². The molecule has 2 aromatic rings. The van der Waals surface area contributed by atoms with E-state index in [0.29, 0.717) is 12.5 Å². The number of hydrogen-bond acceptors (Lipinski definition) is 3. The number of anilines is 1. The van der Waals surface area contributed by atoms with Crippen molar-refractivity contribution in [3.63, 3.8) is 0 Å². The van der Waals surface area contributed by atoms with Gasteiger partial charge in [-0.2, -0.15) is 0 Å². The highest BCUT2D eigenvalue weighted by Crippen LogP contribution is 2.33. The van der Waals surface area contributed by atoms with Crippen molar-refractivity contribution in [2.75, 3.05) is 11.4 Å². The van der Waals surface area contributed by atoms with E-state index < -0.39 is 5.72 Å². The maximum absolute atomic E-state index is 11.3. The maximum Gasteiger partial charge on any atom is 0.396 e. The Hall–Kier alpha value is -1.94. The van der Waals surface area contributed by atoms with Gasteiger partial charge in [0.1, 0.15) is 12.7 Å². The van der Waals surface area contributed by atoms with E-state index in [2.05, 4.69) is 18.8 Å². The molecule has 1 atom stereocenters. The van der Waals surface area contributed by atoms with E-state index in [9.17, 15) is 5.11 Å². The van der Waals surface area contributed by atoms with Crippen molar-refractivity contribution in [1.82, 2.24) is 4.98 Å². The summed E-state index contributed by atoms with van der Waals surface area (Å²) in [6.07, 6.45) is 4.78. The number of hydrogen-bond donors (Lipinski definition) is 1. The number of nitrogens with zero attached hydrogens (tertiary/aromatic N) is 3. The Bertz CT molecular complexity index is 614. The number of benzene rings is 1. The van der Waals surface area contributed by atoms with Crippen LogP contribution in [0.25, 0.3) is 0 Å². The average molecular weight is 284 g/mol. The molecule has 0 radical (unpaired) electrons. The van der Waals surface area contributed by atoms with Gasteiger partial charge in [0.25, 0.3) is 0 Å². The summed E-state index contributed by atoms with van der Waals surface area (Å²) in [5, 5.41) is 11.3. The smallest absolute Gasteiger partial charge is 0.353 e. The zero-order valence-electron chi connectivity index (χ0n) is 12.6. The van der Waals surface area contributed by atoms with Gasteiger partial charge in [0, 0.05) is 11.6 Å². The zero-order chi connectivity index (χ0) is 14.9. The van der Waals surface area contributed by atoms with Crippen LogP contribution in [0, 0.1) is 5.92 Å². The van der Waals surface area contributed by atoms with Gasteiger partial charge in [0.15, 0.2) is 0 Å². The zero-order valence-corrected chi connectivity index (χ0v) is 12.6. The summed E-state index contributed by atoms with van der Waals surface area (Å²) >= 11 is 0. The van der Waals surface area contributed by atoms with Crippen LogP contribution in [0.1, 0.15) is 25.8 Å². The molecule has 4 nitrogen and oxygen atoms in total.